The number of nitrogens with zero attached hydrogens (tertiary/aromatic N) is 1. The second-order valence-electron chi connectivity index (χ2n) is 3.92. The standard InChI is InChI=1S/C11H16ClNS/c1-5-11(4,7-12)6-10-13-8(2)9(3)14-10/h5H,1,6-7H2,2-4H3. The van der Waals surface area contributed by atoms with Crippen LogP contribution >= 0.6 is 22.9 Å². The highest BCUT2D eigenvalue weighted by molar-refractivity contribution is 7.11. The van der Waals surface area contributed by atoms with Crippen molar-refractivity contribution >= 4 is 22.9 Å². The third kappa shape index (κ3) is 2.58. The fraction of sp³-hybridized carbons (Fsp3) is 0.545. The van der Waals surface area contributed by atoms with Gasteiger partial charge in [-0.3, -0.25) is 0 Å². The highest BCUT2D eigenvalue weighted by Gasteiger charge is 2.21. The average molecular weight is 230 g/mol. The van der Waals surface area contributed by atoms with E-state index in [1.54, 1.807) is 11.3 Å². The molecule has 14 heavy (non-hydrogen) atoms. The number of halogens is 1. The Morgan fingerprint density at radius 3 is 2.57 bits per heavy atom. The summed E-state index contributed by atoms with van der Waals surface area (Å²) in [4.78, 5) is 5.80. The minimum Gasteiger partial charge on any atom is -0.246 e. The van der Waals surface area contributed by atoms with Crippen molar-refractivity contribution in [2.75, 3.05) is 5.88 Å². The monoisotopic (exact) mass is 229 g/mol. The Bertz CT molecular complexity index is 313. The molecule has 0 saturated carbocycles. The van der Waals surface area contributed by atoms with Crippen LogP contribution in [0.3, 0.4) is 0 Å². The summed E-state index contributed by atoms with van der Waals surface area (Å²) in [5, 5.41) is 1.16. The molecule has 1 heterocycles. The molecule has 0 aliphatic rings. The molecule has 1 rings (SSSR count). The number of hydrogen-bond acceptors (Lipinski definition) is 2. The summed E-state index contributed by atoms with van der Waals surface area (Å²) in [7, 11) is 0. The minimum atomic E-state index is -0.0295. The zero-order valence-electron chi connectivity index (χ0n) is 8.93. The van der Waals surface area contributed by atoms with Gasteiger partial charge in [0.15, 0.2) is 0 Å². The van der Waals surface area contributed by atoms with Gasteiger partial charge in [-0.05, 0) is 13.8 Å². The quantitative estimate of drug-likeness (QED) is 0.566. The van der Waals surface area contributed by atoms with Crippen LogP contribution in [0.5, 0.6) is 0 Å². The van der Waals surface area contributed by atoms with Crippen molar-refractivity contribution < 1.29 is 0 Å². The highest BCUT2D eigenvalue weighted by Crippen LogP contribution is 2.28. The molecule has 0 amide bonds. The summed E-state index contributed by atoms with van der Waals surface area (Å²) >= 11 is 7.67. The lowest BCUT2D eigenvalue weighted by molar-refractivity contribution is 0.485. The lowest BCUT2D eigenvalue weighted by Crippen LogP contribution is -2.18. The van der Waals surface area contributed by atoms with Crippen molar-refractivity contribution in [2.45, 2.75) is 27.2 Å². The number of aryl methyl sites for hydroxylation is 2. The Hall–Kier alpha value is -0.340. The maximum atomic E-state index is 5.91. The number of hydrogen-bond donors (Lipinski definition) is 0. The summed E-state index contributed by atoms with van der Waals surface area (Å²) in [6.07, 6.45) is 2.81. The molecule has 0 fully saturated rings. The first-order chi connectivity index (χ1) is 6.50. The van der Waals surface area contributed by atoms with Crippen LogP contribution in [0.25, 0.3) is 0 Å². The Morgan fingerprint density at radius 1 is 1.57 bits per heavy atom. The number of alkyl halides is 1. The van der Waals surface area contributed by atoms with Crippen molar-refractivity contribution in [3.63, 3.8) is 0 Å². The van der Waals surface area contributed by atoms with Crippen molar-refractivity contribution in [3.05, 3.63) is 28.2 Å². The van der Waals surface area contributed by atoms with Gasteiger partial charge in [0, 0.05) is 22.6 Å². The van der Waals surface area contributed by atoms with E-state index in [1.807, 2.05) is 13.0 Å². The molecule has 1 unspecified atom stereocenters. The molecule has 0 saturated heterocycles. The normalized spacial score (nSPS) is 15.1. The van der Waals surface area contributed by atoms with Crippen LogP contribution in [0.15, 0.2) is 12.7 Å². The topological polar surface area (TPSA) is 12.9 Å². The van der Waals surface area contributed by atoms with Crippen LogP contribution in [0.1, 0.15) is 22.5 Å². The number of thiazole rings is 1. The second-order valence-corrected chi connectivity index (χ2v) is 5.47. The molecule has 0 aromatic carbocycles. The van der Waals surface area contributed by atoms with Gasteiger partial charge >= 0.3 is 0 Å². The lowest BCUT2D eigenvalue weighted by Gasteiger charge is -2.20. The first-order valence-corrected chi connectivity index (χ1v) is 5.98. The van der Waals surface area contributed by atoms with Gasteiger partial charge in [-0.2, -0.15) is 0 Å². The summed E-state index contributed by atoms with van der Waals surface area (Å²) in [5.74, 6) is 0.591. The molecule has 0 aliphatic carbocycles. The van der Waals surface area contributed by atoms with E-state index in [0.29, 0.717) is 5.88 Å². The molecule has 78 valence electrons. The number of aromatic nitrogens is 1. The molecule has 1 aromatic heterocycles. The Kier molecular flexibility index (Phi) is 3.73. The Morgan fingerprint density at radius 2 is 2.21 bits per heavy atom. The van der Waals surface area contributed by atoms with E-state index in [9.17, 15) is 0 Å². The number of allylic oxidation sites excluding steroid dienone is 1. The van der Waals surface area contributed by atoms with Gasteiger partial charge < -0.3 is 0 Å². The largest absolute Gasteiger partial charge is 0.246 e. The molecule has 3 heteroatoms. The van der Waals surface area contributed by atoms with E-state index < -0.39 is 0 Å². The fourth-order valence-electron chi connectivity index (χ4n) is 1.13. The molecule has 1 aromatic rings. The number of rotatable bonds is 4. The van der Waals surface area contributed by atoms with Crippen molar-refractivity contribution in [2.24, 2.45) is 5.41 Å². The zero-order valence-corrected chi connectivity index (χ0v) is 10.5. The van der Waals surface area contributed by atoms with Gasteiger partial charge in [-0.25, -0.2) is 4.98 Å². The third-order valence-corrected chi connectivity index (χ3v) is 4.11. The molecule has 0 radical (unpaired) electrons. The summed E-state index contributed by atoms with van der Waals surface area (Å²) < 4.78 is 0. The van der Waals surface area contributed by atoms with Crippen LogP contribution in [-0.2, 0) is 6.42 Å². The molecule has 0 spiro atoms. The molecular formula is C11H16ClNS. The first kappa shape index (κ1) is 11.7. The van der Waals surface area contributed by atoms with Crippen LogP contribution in [0.4, 0.5) is 0 Å². The van der Waals surface area contributed by atoms with Gasteiger partial charge in [0.05, 0.1) is 10.7 Å². The fourth-order valence-corrected chi connectivity index (χ4v) is 2.47. The first-order valence-electron chi connectivity index (χ1n) is 4.63. The third-order valence-electron chi connectivity index (χ3n) is 2.43. The van der Waals surface area contributed by atoms with Gasteiger partial charge in [-0.15, -0.1) is 29.5 Å². The van der Waals surface area contributed by atoms with Gasteiger partial charge in [0.25, 0.3) is 0 Å². The molecule has 0 bridgehead atoms. The maximum Gasteiger partial charge on any atom is 0.0939 e. The van der Waals surface area contributed by atoms with Gasteiger partial charge in [-0.1, -0.05) is 13.0 Å². The van der Waals surface area contributed by atoms with Crippen molar-refractivity contribution in [1.29, 1.82) is 0 Å². The molecule has 1 atom stereocenters. The Balaban J connectivity index is 2.82. The summed E-state index contributed by atoms with van der Waals surface area (Å²) in [6.45, 7) is 10.1. The van der Waals surface area contributed by atoms with E-state index in [-0.39, 0.29) is 5.41 Å². The Labute approximate surface area is 94.8 Å². The predicted molar refractivity (Wildman–Crippen MR) is 64.3 cm³/mol. The van der Waals surface area contributed by atoms with Crippen LogP contribution < -0.4 is 0 Å². The van der Waals surface area contributed by atoms with E-state index in [1.165, 1.54) is 4.88 Å². The lowest BCUT2D eigenvalue weighted by atomic mass is 9.90. The smallest absolute Gasteiger partial charge is 0.0939 e. The van der Waals surface area contributed by atoms with E-state index >= 15 is 0 Å². The van der Waals surface area contributed by atoms with E-state index in [0.717, 1.165) is 17.1 Å². The zero-order chi connectivity index (χ0) is 10.8. The predicted octanol–water partition coefficient (Wildman–Crippen LogP) is 3.73. The van der Waals surface area contributed by atoms with Gasteiger partial charge in [0.1, 0.15) is 0 Å². The highest BCUT2D eigenvalue weighted by atomic mass is 35.5. The van der Waals surface area contributed by atoms with Gasteiger partial charge in [0.2, 0.25) is 0 Å². The average Bonchev–Trinajstić information content (AvgIpc) is 2.45. The van der Waals surface area contributed by atoms with Crippen molar-refractivity contribution in [1.82, 2.24) is 4.98 Å². The minimum absolute atomic E-state index is 0.0295. The summed E-state index contributed by atoms with van der Waals surface area (Å²) in [6, 6.07) is 0. The molecular weight excluding hydrogens is 214 g/mol. The molecule has 0 aliphatic heterocycles. The van der Waals surface area contributed by atoms with Crippen LogP contribution in [0, 0.1) is 19.3 Å². The van der Waals surface area contributed by atoms with Crippen LogP contribution in [-0.4, -0.2) is 10.9 Å². The van der Waals surface area contributed by atoms with Crippen molar-refractivity contribution in [3.8, 4) is 0 Å². The molecule has 1 nitrogen and oxygen atoms in total. The van der Waals surface area contributed by atoms with Crippen LogP contribution in [0.2, 0.25) is 0 Å². The SMILES string of the molecule is C=CC(C)(CCl)Cc1nc(C)c(C)s1. The second kappa shape index (κ2) is 4.45. The summed E-state index contributed by atoms with van der Waals surface area (Å²) in [5.41, 5.74) is 1.10. The van der Waals surface area contributed by atoms with E-state index in [2.05, 4.69) is 25.4 Å². The van der Waals surface area contributed by atoms with E-state index in [4.69, 9.17) is 11.6 Å². The molecule has 0 N–H and O–H groups in total. The maximum absolute atomic E-state index is 5.91.